The van der Waals surface area contributed by atoms with E-state index in [-0.39, 0.29) is 24.4 Å². The zero-order chi connectivity index (χ0) is 20.5. The monoisotopic (exact) mass is 407 g/mol. The molecule has 4 nitrogen and oxygen atoms in total. The summed E-state index contributed by atoms with van der Waals surface area (Å²) in [6, 6.07) is 16.0. The maximum atomic E-state index is 13.4. The van der Waals surface area contributed by atoms with Crippen LogP contribution in [0.4, 0.5) is 9.52 Å². The Kier molecular flexibility index (Phi) is 5.35. The van der Waals surface area contributed by atoms with Gasteiger partial charge in [-0.05, 0) is 42.2 Å². The minimum Gasteiger partial charge on any atom is -0.394 e. The first kappa shape index (κ1) is 19.6. The molecule has 0 unspecified atom stereocenters. The van der Waals surface area contributed by atoms with Crippen molar-refractivity contribution in [2.24, 2.45) is 0 Å². The molecular formula is C23H22FN3OS. The zero-order valence-corrected chi connectivity index (χ0v) is 17.2. The molecule has 0 amide bonds. The summed E-state index contributed by atoms with van der Waals surface area (Å²) in [6.45, 7) is 4.03. The van der Waals surface area contributed by atoms with Gasteiger partial charge < -0.3 is 10.0 Å². The van der Waals surface area contributed by atoms with Gasteiger partial charge in [0.15, 0.2) is 5.13 Å². The van der Waals surface area contributed by atoms with Crippen molar-refractivity contribution >= 4 is 16.5 Å². The molecule has 1 aromatic heterocycles. The number of nitriles is 1. The van der Waals surface area contributed by atoms with Gasteiger partial charge in [0.05, 0.1) is 24.4 Å². The van der Waals surface area contributed by atoms with Crippen molar-refractivity contribution in [2.75, 3.05) is 11.5 Å². The fourth-order valence-electron chi connectivity index (χ4n) is 4.17. The van der Waals surface area contributed by atoms with E-state index in [1.807, 2.05) is 36.1 Å². The fraction of sp³-hybridized carbons (Fsp3) is 0.304. The number of thiazole rings is 1. The highest BCUT2D eigenvalue weighted by atomic mass is 32.1. The Morgan fingerprint density at radius 2 is 1.93 bits per heavy atom. The molecule has 1 saturated heterocycles. The van der Waals surface area contributed by atoms with E-state index in [0.717, 1.165) is 38.8 Å². The zero-order valence-electron chi connectivity index (χ0n) is 16.3. The summed E-state index contributed by atoms with van der Waals surface area (Å²) in [7, 11) is 0. The molecular weight excluding hydrogens is 385 g/mol. The number of aryl methyl sites for hydroxylation is 2. The second kappa shape index (κ2) is 7.94. The predicted molar refractivity (Wildman–Crippen MR) is 114 cm³/mol. The summed E-state index contributed by atoms with van der Waals surface area (Å²) in [5.74, 6) is -0.435. The van der Waals surface area contributed by atoms with Gasteiger partial charge in [-0.1, -0.05) is 43.3 Å². The second-order valence-electron chi connectivity index (χ2n) is 7.20. The molecule has 1 aliphatic rings. The lowest BCUT2D eigenvalue weighted by Gasteiger charge is -2.52. The first-order valence-electron chi connectivity index (χ1n) is 9.69. The van der Waals surface area contributed by atoms with E-state index >= 15 is 0 Å². The third-order valence-electron chi connectivity index (χ3n) is 5.64. The summed E-state index contributed by atoms with van der Waals surface area (Å²) < 4.78 is 13.4. The third-order valence-corrected chi connectivity index (χ3v) is 6.67. The van der Waals surface area contributed by atoms with Crippen molar-refractivity contribution in [3.05, 3.63) is 70.5 Å². The number of benzene rings is 2. The molecule has 3 atom stereocenters. The van der Waals surface area contributed by atoms with Crippen LogP contribution in [0.5, 0.6) is 0 Å². The van der Waals surface area contributed by atoms with E-state index in [9.17, 15) is 14.8 Å². The van der Waals surface area contributed by atoms with E-state index in [1.165, 1.54) is 12.1 Å². The minimum absolute atomic E-state index is 0.0688. The summed E-state index contributed by atoms with van der Waals surface area (Å²) >= 11 is 1.57. The quantitative estimate of drug-likeness (QED) is 0.667. The van der Waals surface area contributed by atoms with E-state index in [1.54, 1.807) is 23.5 Å². The number of aliphatic hydroxyl groups excluding tert-OH is 1. The number of hydrogen-bond acceptors (Lipinski definition) is 5. The van der Waals surface area contributed by atoms with Crippen LogP contribution in [-0.4, -0.2) is 28.8 Å². The lowest BCUT2D eigenvalue weighted by atomic mass is 9.74. The Labute approximate surface area is 173 Å². The number of anilines is 1. The van der Waals surface area contributed by atoms with E-state index < -0.39 is 6.04 Å². The maximum Gasteiger partial charge on any atom is 0.187 e. The van der Waals surface area contributed by atoms with Crippen molar-refractivity contribution < 1.29 is 9.50 Å². The standard InChI is InChI=1S/C23H22FN3OS/c1-3-19-14(2)29-23(26-19)27-20(12-25)22(21(27)13-28)18-7-5-4-6-17(18)15-8-10-16(24)11-9-15/h4-11,20-22,28H,3,13H2,1-2H3/t20-,21-,22-/m0/s1. The van der Waals surface area contributed by atoms with Crippen LogP contribution in [-0.2, 0) is 6.42 Å². The van der Waals surface area contributed by atoms with Gasteiger partial charge in [0.2, 0.25) is 0 Å². The van der Waals surface area contributed by atoms with Gasteiger partial charge in [0.1, 0.15) is 11.9 Å². The lowest BCUT2D eigenvalue weighted by Crippen LogP contribution is -2.63. The van der Waals surface area contributed by atoms with Crippen molar-refractivity contribution in [3.63, 3.8) is 0 Å². The highest BCUT2D eigenvalue weighted by Gasteiger charge is 2.51. The van der Waals surface area contributed by atoms with Crippen LogP contribution < -0.4 is 4.90 Å². The molecule has 29 heavy (non-hydrogen) atoms. The Bertz CT molecular complexity index is 1060. The van der Waals surface area contributed by atoms with Crippen molar-refractivity contribution in [2.45, 2.75) is 38.3 Å². The van der Waals surface area contributed by atoms with Crippen LogP contribution in [0.25, 0.3) is 11.1 Å². The second-order valence-corrected chi connectivity index (χ2v) is 8.39. The van der Waals surface area contributed by atoms with Gasteiger partial charge in [-0.25, -0.2) is 9.37 Å². The number of aromatic nitrogens is 1. The SMILES string of the molecule is CCc1nc(N2[C@@H](C#N)[C@H](c3ccccc3-c3ccc(F)cc3)[C@@H]2CO)sc1C. The van der Waals surface area contributed by atoms with Crippen LogP contribution in [0, 0.1) is 24.1 Å². The van der Waals surface area contributed by atoms with Crippen LogP contribution in [0.15, 0.2) is 48.5 Å². The molecule has 0 radical (unpaired) electrons. The molecule has 3 aromatic rings. The Hall–Kier alpha value is -2.75. The largest absolute Gasteiger partial charge is 0.394 e. The summed E-state index contributed by atoms with van der Waals surface area (Å²) in [4.78, 5) is 7.80. The first-order chi connectivity index (χ1) is 14.1. The number of rotatable bonds is 5. The van der Waals surface area contributed by atoms with Crippen LogP contribution in [0.1, 0.15) is 29.0 Å². The molecule has 1 aliphatic heterocycles. The molecule has 0 spiro atoms. The number of aliphatic hydroxyl groups is 1. The molecule has 1 N–H and O–H groups in total. The van der Waals surface area contributed by atoms with Crippen molar-refractivity contribution in [3.8, 4) is 17.2 Å². The molecule has 2 heterocycles. The van der Waals surface area contributed by atoms with Crippen LogP contribution in [0.3, 0.4) is 0 Å². The minimum atomic E-state index is -0.413. The van der Waals surface area contributed by atoms with Gasteiger partial charge >= 0.3 is 0 Å². The van der Waals surface area contributed by atoms with E-state index in [2.05, 4.69) is 13.0 Å². The molecule has 0 aliphatic carbocycles. The molecule has 2 aromatic carbocycles. The van der Waals surface area contributed by atoms with Gasteiger partial charge in [0.25, 0.3) is 0 Å². The topological polar surface area (TPSA) is 60.2 Å². The first-order valence-corrected chi connectivity index (χ1v) is 10.5. The summed E-state index contributed by atoms with van der Waals surface area (Å²) in [5, 5.41) is 20.9. The van der Waals surface area contributed by atoms with Gasteiger partial charge in [-0.3, -0.25) is 0 Å². The molecule has 1 fully saturated rings. The average Bonchev–Trinajstić information content (AvgIpc) is 3.09. The average molecular weight is 408 g/mol. The molecule has 148 valence electrons. The predicted octanol–water partition coefficient (Wildman–Crippen LogP) is 4.68. The van der Waals surface area contributed by atoms with Gasteiger partial charge in [0, 0.05) is 10.8 Å². The maximum absolute atomic E-state index is 13.4. The Morgan fingerprint density at radius 1 is 1.21 bits per heavy atom. The number of hydrogen-bond donors (Lipinski definition) is 1. The highest BCUT2D eigenvalue weighted by molar-refractivity contribution is 7.15. The van der Waals surface area contributed by atoms with Gasteiger partial charge in [-0.15, -0.1) is 11.3 Å². The van der Waals surface area contributed by atoms with Crippen molar-refractivity contribution in [1.29, 1.82) is 5.26 Å². The van der Waals surface area contributed by atoms with Crippen LogP contribution in [0.2, 0.25) is 0 Å². The lowest BCUT2D eigenvalue weighted by molar-refractivity contribution is 0.188. The van der Waals surface area contributed by atoms with E-state index in [4.69, 9.17) is 4.98 Å². The van der Waals surface area contributed by atoms with Crippen molar-refractivity contribution in [1.82, 2.24) is 4.98 Å². The Morgan fingerprint density at radius 3 is 2.55 bits per heavy atom. The number of halogens is 1. The molecule has 0 bridgehead atoms. The highest BCUT2D eigenvalue weighted by Crippen LogP contribution is 2.47. The van der Waals surface area contributed by atoms with Crippen LogP contribution >= 0.6 is 11.3 Å². The third kappa shape index (κ3) is 3.31. The smallest absolute Gasteiger partial charge is 0.187 e. The van der Waals surface area contributed by atoms with E-state index in [0.29, 0.717) is 0 Å². The molecule has 0 saturated carbocycles. The fourth-order valence-corrected chi connectivity index (χ4v) is 5.27. The normalized spacial score (nSPS) is 20.9. The number of nitrogens with zero attached hydrogens (tertiary/aromatic N) is 3. The molecule has 4 rings (SSSR count). The van der Waals surface area contributed by atoms with Gasteiger partial charge in [-0.2, -0.15) is 5.26 Å². The Balaban J connectivity index is 1.74. The molecule has 6 heteroatoms. The summed E-state index contributed by atoms with van der Waals surface area (Å²) in [5.41, 5.74) is 3.88. The summed E-state index contributed by atoms with van der Waals surface area (Å²) in [6.07, 6.45) is 0.841.